The molecule has 0 atom stereocenters. The molecule has 3 aromatic carbocycles. The summed E-state index contributed by atoms with van der Waals surface area (Å²) >= 11 is 0. The van der Waals surface area contributed by atoms with Crippen LogP contribution in [0.15, 0.2) is 60.7 Å². The van der Waals surface area contributed by atoms with E-state index in [1.165, 1.54) is 7.11 Å². The zero-order valence-corrected chi connectivity index (χ0v) is 16.7. The van der Waals surface area contributed by atoms with Crippen LogP contribution in [0, 0.1) is 6.92 Å². The number of esters is 1. The van der Waals surface area contributed by atoms with Gasteiger partial charge in [-0.3, -0.25) is 9.59 Å². The van der Waals surface area contributed by atoms with Crippen molar-refractivity contribution in [3.63, 3.8) is 0 Å². The number of ether oxygens (including phenoxy) is 2. The molecule has 7 nitrogen and oxygen atoms in total. The molecule has 0 aromatic heterocycles. The van der Waals surface area contributed by atoms with E-state index < -0.39 is 24.4 Å². The molecule has 2 N–H and O–H groups in total. The number of hydrogen-bond acceptors (Lipinski definition) is 5. The third-order valence-corrected chi connectivity index (χ3v) is 4.42. The van der Waals surface area contributed by atoms with Crippen LogP contribution in [0.3, 0.4) is 0 Å². The summed E-state index contributed by atoms with van der Waals surface area (Å²) in [5, 5.41) is 6.76. The molecule has 0 aliphatic rings. The minimum Gasteiger partial charge on any atom is -0.495 e. The van der Waals surface area contributed by atoms with E-state index in [4.69, 9.17) is 9.47 Å². The van der Waals surface area contributed by atoms with E-state index in [0.717, 1.165) is 16.3 Å². The van der Waals surface area contributed by atoms with E-state index in [2.05, 4.69) is 10.6 Å². The van der Waals surface area contributed by atoms with Gasteiger partial charge in [0, 0.05) is 0 Å². The largest absolute Gasteiger partial charge is 0.495 e. The van der Waals surface area contributed by atoms with Crippen LogP contribution in [0.2, 0.25) is 0 Å². The van der Waals surface area contributed by atoms with Gasteiger partial charge in [-0.05, 0) is 41.5 Å². The Bertz CT molecular complexity index is 1090. The molecule has 0 aliphatic heterocycles. The van der Waals surface area contributed by atoms with Crippen molar-refractivity contribution in [2.24, 2.45) is 0 Å². The molecule has 3 aromatic rings. The summed E-state index contributed by atoms with van der Waals surface area (Å²) in [6.07, 6.45) is 0. The van der Waals surface area contributed by atoms with Gasteiger partial charge in [0.2, 0.25) is 5.91 Å². The van der Waals surface area contributed by atoms with Crippen molar-refractivity contribution in [3.05, 3.63) is 71.8 Å². The van der Waals surface area contributed by atoms with Gasteiger partial charge in [-0.1, -0.05) is 42.5 Å². The first-order valence-electron chi connectivity index (χ1n) is 9.34. The molecule has 0 saturated carbocycles. The summed E-state index contributed by atoms with van der Waals surface area (Å²) in [5.41, 5.74) is 1.85. The van der Waals surface area contributed by atoms with Crippen LogP contribution < -0.4 is 15.4 Å². The molecule has 0 heterocycles. The van der Waals surface area contributed by atoms with Gasteiger partial charge < -0.3 is 20.1 Å². The number of aryl methyl sites for hydroxylation is 1. The molecule has 154 valence electrons. The lowest BCUT2D eigenvalue weighted by Gasteiger charge is -2.12. The Balaban J connectivity index is 1.51. The van der Waals surface area contributed by atoms with Crippen molar-refractivity contribution in [1.29, 1.82) is 0 Å². The first kappa shape index (κ1) is 20.9. The van der Waals surface area contributed by atoms with Gasteiger partial charge in [0.25, 0.3) is 5.91 Å². The molecule has 0 aliphatic carbocycles. The van der Waals surface area contributed by atoms with E-state index in [1.54, 1.807) is 24.3 Å². The van der Waals surface area contributed by atoms with E-state index in [-0.39, 0.29) is 6.54 Å². The first-order chi connectivity index (χ1) is 14.5. The number of nitrogens with one attached hydrogen (secondary N) is 2. The second-order valence-electron chi connectivity index (χ2n) is 6.63. The Kier molecular flexibility index (Phi) is 6.64. The van der Waals surface area contributed by atoms with Crippen molar-refractivity contribution in [1.82, 2.24) is 5.32 Å². The zero-order valence-electron chi connectivity index (χ0n) is 16.7. The van der Waals surface area contributed by atoms with Crippen LogP contribution in [0.25, 0.3) is 10.8 Å². The fraction of sp³-hybridized carbons (Fsp3) is 0.174. The number of fused-ring (bicyclic) bond motifs is 1. The normalized spacial score (nSPS) is 10.3. The number of benzene rings is 3. The van der Waals surface area contributed by atoms with Gasteiger partial charge in [0.1, 0.15) is 5.75 Å². The lowest BCUT2D eigenvalue weighted by atomic mass is 10.1. The van der Waals surface area contributed by atoms with Crippen LogP contribution >= 0.6 is 0 Å². The Morgan fingerprint density at radius 1 is 0.933 bits per heavy atom. The molecule has 0 radical (unpaired) electrons. The summed E-state index contributed by atoms with van der Waals surface area (Å²) in [7, 11) is 1.51. The average molecular weight is 406 g/mol. The highest BCUT2D eigenvalue weighted by Gasteiger charge is 2.14. The van der Waals surface area contributed by atoms with Gasteiger partial charge in [-0.25, -0.2) is 4.79 Å². The van der Waals surface area contributed by atoms with Crippen molar-refractivity contribution in [2.75, 3.05) is 25.6 Å². The topological polar surface area (TPSA) is 93.7 Å². The third-order valence-electron chi connectivity index (χ3n) is 4.42. The van der Waals surface area contributed by atoms with E-state index >= 15 is 0 Å². The number of hydrogen-bond donors (Lipinski definition) is 2. The van der Waals surface area contributed by atoms with Gasteiger partial charge in [0.05, 0.1) is 24.9 Å². The fourth-order valence-electron chi connectivity index (χ4n) is 2.96. The maximum absolute atomic E-state index is 12.3. The monoisotopic (exact) mass is 406 g/mol. The maximum Gasteiger partial charge on any atom is 0.339 e. The average Bonchev–Trinajstić information content (AvgIpc) is 2.75. The van der Waals surface area contributed by atoms with E-state index in [0.29, 0.717) is 17.0 Å². The lowest BCUT2D eigenvalue weighted by Crippen LogP contribution is -2.35. The predicted molar refractivity (Wildman–Crippen MR) is 114 cm³/mol. The summed E-state index contributed by atoms with van der Waals surface area (Å²) in [4.78, 5) is 36.4. The zero-order chi connectivity index (χ0) is 21.5. The van der Waals surface area contributed by atoms with E-state index in [9.17, 15) is 14.4 Å². The molecule has 0 spiro atoms. The molecule has 30 heavy (non-hydrogen) atoms. The molecule has 0 unspecified atom stereocenters. The highest BCUT2D eigenvalue weighted by atomic mass is 16.5. The smallest absolute Gasteiger partial charge is 0.339 e. The first-order valence-corrected chi connectivity index (χ1v) is 9.34. The number of rotatable bonds is 7. The summed E-state index contributed by atoms with van der Waals surface area (Å²) in [6, 6.07) is 18.1. The number of carbonyl (C=O) groups is 3. The Hall–Kier alpha value is -3.87. The lowest BCUT2D eigenvalue weighted by molar-refractivity contribution is -0.126. The molecule has 0 saturated heterocycles. The SMILES string of the molecule is COc1ccc(C)cc1NC(=O)CNC(=O)COC(=O)c1cccc2ccccc12. The molecular weight excluding hydrogens is 384 g/mol. The Labute approximate surface area is 174 Å². The highest BCUT2D eigenvalue weighted by Crippen LogP contribution is 2.25. The standard InChI is InChI=1S/C23H22N2O5/c1-15-10-11-20(29-2)19(12-15)25-21(26)13-24-22(27)14-30-23(28)18-9-5-7-16-6-3-4-8-17(16)18/h3-12H,13-14H2,1-2H3,(H,24,27)(H,25,26). The van der Waals surface area contributed by atoms with Crippen LogP contribution in [0.5, 0.6) is 5.75 Å². The third kappa shape index (κ3) is 5.14. The summed E-state index contributed by atoms with van der Waals surface area (Å²) < 4.78 is 10.3. The molecule has 0 bridgehead atoms. The van der Waals surface area contributed by atoms with Crippen molar-refractivity contribution < 1.29 is 23.9 Å². The second-order valence-corrected chi connectivity index (χ2v) is 6.63. The van der Waals surface area contributed by atoms with Crippen LogP contribution in [0.1, 0.15) is 15.9 Å². The fourth-order valence-corrected chi connectivity index (χ4v) is 2.96. The minimum atomic E-state index is -0.601. The predicted octanol–water partition coefficient (Wildman–Crippen LogP) is 3.07. The van der Waals surface area contributed by atoms with E-state index in [1.807, 2.05) is 43.3 Å². The second kappa shape index (κ2) is 9.56. The minimum absolute atomic E-state index is 0.262. The van der Waals surface area contributed by atoms with Crippen LogP contribution in [-0.2, 0) is 14.3 Å². The molecule has 2 amide bonds. The maximum atomic E-state index is 12.3. The number of methoxy groups -OCH3 is 1. The van der Waals surface area contributed by atoms with Crippen molar-refractivity contribution in [3.8, 4) is 5.75 Å². The molecular formula is C23H22N2O5. The van der Waals surface area contributed by atoms with Crippen molar-refractivity contribution >= 4 is 34.2 Å². The number of carbonyl (C=O) groups excluding carboxylic acids is 3. The Morgan fingerprint density at radius 2 is 1.70 bits per heavy atom. The highest BCUT2D eigenvalue weighted by molar-refractivity contribution is 6.05. The number of anilines is 1. The summed E-state index contributed by atoms with van der Waals surface area (Å²) in [6.45, 7) is 1.14. The summed E-state index contributed by atoms with van der Waals surface area (Å²) in [5.74, 6) is -1.08. The quantitative estimate of drug-likeness (QED) is 0.588. The molecule has 0 fully saturated rings. The van der Waals surface area contributed by atoms with Crippen LogP contribution in [-0.4, -0.2) is 38.0 Å². The van der Waals surface area contributed by atoms with Gasteiger partial charge >= 0.3 is 5.97 Å². The van der Waals surface area contributed by atoms with Crippen molar-refractivity contribution in [2.45, 2.75) is 6.92 Å². The van der Waals surface area contributed by atoms with Crippen LogP contribution in [0.4, 0.5) is 5.69 Å². The molecule has 7 heteroatoms. The van der Waals surface area contributed by atoms with Gasteiger partial charge in [-0.15, -0.1) is 0 Å². The molecule has 3 rings (SSSR count). The number of amides is 2. The van der Waals surface area contributed by atoms with Gasteiger partial charge in [-0.2, -0.15) is 0 Å². The Morgan fingerprint density at radius 3 is 2.50 bits per heavy atom. The van der Waals surface area contributed by atoms with Gasteiger partial charge in [0.15, 0.2) is 6.61 Å².